The van der Waals surface area contributed by atoms with Gasteiger partial charge >= 0.3 is 12.3 Å². The molecule has 0 aliphatic rings. The number of hydrogen-bond donors (Lipinski definition) is 0. The number of nitrogens with zero attached hydrogens (tertiary/aromatic N) is 2. The highest BCUT2D eigenvalue weighted by molar-refractivity contribution is 6.29. The van der Waals surface area contributed by atoms with Crippen molar-refractivity contribution in [3.8, 4) is 5.88 Å². The summed E-state index contributed by atoms with van der Waals surface area (Å²) in [5.74, 6) is -4.46. The van der Waals surface area contributed by atoms with E-state index in [1.165, 1.54) is 13.0 Å². The monoisotopic (exact) mass is 258 g/mol. The molecular weight excluding hydrogens is 252 g/mol. The van der Waals surface area contributed by atoms with Gasteiger partial charge in [-0.25, -0.2) is 8.78 Å². The van der Waals surface area contributed by atoms with Gasteiger partial charge in [0.2, 0.25) is 5.88 Å². The molecule has 0 saturated heterocycles. The highest BCUT2D eigenvalue weighted by Gasteiger charge is 2.42. The number of hydrogen-bond acceptors (Lipinski definition) is 3. The zero-order valence-electron chi connectivity index (χ0n) is 8.05. The summed E-state index contributed by atoms with van der Waals surface area (Å²) in [7, 11) is 0. The van der Waals surface area contributed by atoms with Crippen LogP contribution in [0, 0.1) is 6.92 Å². The fourth-order valence-electron chi connectivity index (χ4n) is 0.812. The van der Waals surface area contributed by atoms with Crippen molar-refractivity contribution in [2.45, 2.75) is 19.3 Å². The minimum atomic E-state index is -4.21. The summed E-state index contributed by atoms with van der Waals surface area (Å²) in [6, 6.07) is 1.32. The molecule has 0 saturated carbocycles. The van der Waals surface area contributed by atoms with Gasteiger partial charge in [-0.3, -0.25) is 0 Å². The second kappa shape index (κ2) is 4.82. The maximum absolute atomic E-state index is 12.5. The Morgan fingerprint density at radius 1 is 1.44 bits per heavy atom. The van der Waals surface area contributed by atoms with E-state index in [-0.39, 0.29) is 11.0 Å². The Labute approximate surface area is 93.4 Å². The van der Waals surface area contributed by atoms with Crippen LogP contribution in [0.1, 0.15) is 5.56 Å². The molecule has 8 heteroatoms. The van der Waals surface area contributed by atoms with Crippen LogP contribution < -0.4 is 4.74 Å². The van der Waals surface area contributed by atoms with Gasteiger partial charge in [-0.2, -0.15) is 8.78 Å². The molecule has 0 unspecified atom stereocenters. The standard InChI is InChI=1S/C8H7ClF4N2O/c1-4-2-5(9)14-15-6(4)16-3-8(12,13)7(10)11/h2,7H,3H2,1H3. The molecule has 1 heterocycles. The number of aryl methyl sites for hydroxylation is 1. The molecule has 0 radical (unpaired) electrons. The van der Waals surface area contributed by atoms with E-state index in [0.29, 0.717) is 5.56 Å². The quantitative estimate of drug-likeness (QED) is 0.779. The van der Waals surface area contributed by atoms with Gasteiger partial charge in [0, 0.05) is 5.56 Å². The molecule has 1 aromatic rings. The Morgan fingerprint density at radius 2 is 2.06 bits per heavy atom. The lowest BCUT2D eigenvalue weighted by atomic mass is 10.3. The molecule has 0 bridgehead atoms. The summed E-state index contributed by atoms with van der Waals surface area (Å²) < 4.78 is 53.0. The van der Waals surface area contributed by atoms with Crippen molar-refractivity contribution >= 4 is 11.6 Å². The first-order valence-corrected chi connectivity index (χ1v) is 4.49. The molecule has 90 valence electrons. The summed E-state index contributed by atoms with van der Waals surface area (Å²) in [4.78, 5) is 0. The zero-order valence-corrected chi connectivity index (χ0v) is 8.81. The van der Waals surface area contributed by atoms with Gasteiger partial charge < -0.3 is 4.74 Å². The summed E-state index contributed by atoms with van der Waals surface area (Å²) in [6.45, 7) is 0.0260. The lowest BCUT2D eigenvalue weighted by Gasteiger charge is -2.15. The van der Waals surface area contributed by atoms with E-state index in [1.54, 1.807) is 0 Å². The van der Waals surface area contributed by atoms with Crippen LogP contribution >= 0.6 is 11.6 Å². The summed E-state index contributed by atoms with van der Waals surface area (Å²) in [5.41, 5.74) is 0.338. The molecule has 3 nitrogen and oxygen atoms in total. The molecule has 16 heavy (non-hydrogen) atoms. The summed E-state index contributed by atoms with van der Waals surface area (Å²) in [6.07, 6.45) is -3.78. The lowest BCUT2D eigenvalue weighted by Crippen LogP contribution is -2.34. The topological polar surface area (TPSA) is 35.0 Å². The van der Waals surface area contributed by atoms with Crippen molar-refractivity contribution < 1.29 is 22.3 Å². The van der Waals surface area contributed by atoms with Gasteiger partial charge in [-0.05, 0) is 13.0 Å². The van der Waals surface area contributed by atoms with E-state index in [4.69, 9.17) is 11.6 Å². The van der Waals surface area contributed by atoms with Crippen LogP contribution in [-0.4, -0.2) is 29.2 Å². The maximum atomic E-state index is 12.5. The molecule has 1 rings (SSSR count). The predicted octanol–water partition coefficient (Wildman–Crippen LogP) is 2.72. The number of aromatic nitrogens is 2. The third-order valence-corrected chi connectivity index (χ3v) is 1.81. The van der Waals surface area contributed by atoms with E-state index in [1.807, 2.05) is 0 Å². The Bertz CT molecular complexity index is 375. The first-order chi connectivity index (χ1) is 7.33. The molecule has 0 N–H and O–H groups in total. The van der Waals surface area contributed by atoms with Crippen LogP contribution in [0.3, 0.4) is 0 Å². The van der Waals surface area contributed by atoms with E-state index in [9.17, 15) is 17.6 Å². The lowest BCUT2D eigenvalue weighted by molar-refractivity contribution is -0.148. The molecule has 0 aromatic carbocycles. The molecule has 0 aliphatic carbocycles. The van der Waals surface area contributed by atoms with Crippen molar-refractivity contribution in [2.75, 3.05) is 6.61 Å². The average Bonchev–Trinajstić information content (AvgIpc) is 2.16. The van der Waals surface area contributed by atoms with Gasteiger partial charge in [0.15, 0.2) is 11.8 Å². The Balaban J connectivity index is 2.68. The SMILES string of the molecule is Cc1cc(Cl)nnc1OCC(F)(F)C(F)F. The largest absolute Gasteiger partial charge is 0.470 e. The minimum absolute atomic E-state index is 0.0606. The van der Waals surface area contributed by atoms with Crippen molar-refractivity contribution in [1.29, 1.82) is 0 Å². The zero-order chi connectivity index (χ0) is 12.3. The Hall–Kier alpha value is -1.11. The Morgan fingerprint density at radius 3 is 2.56 bits per heavy atom. The number of alkyl halides is 4. The molecule has 0 aliphatic heterocycles. The van der Waals surface area contributed by atoms with Crippen LogP contribution in [0.2, 0.25) is 5.15 Å². The summed E-state index contributed by atoms with van der Waals surface area (Å²) >= 11 is 5.46. The molecule has 0 fully saturated rings. The number of halogens is 5. The molecule has 0 atom stereocenters. The fraction of sp³-hybridized carbons (Fsp3) is 0.500. The predicted molar refractivity (Wildman–Crippen MR) is 48.2 cm³/mol. The van der Waals surface area contributed by atoms with E-state index >= 15 is 0 Å². The fourth-order valence-corrected chi connectivity index (χ4v) is 1.01. The van der Waals surface area contributed by atoms with Crippen molar-refractivity contribution in [2.24, 2.45) is 0 Å². The van der Waals surface area contributed by atoms with Crippen LogP contribution in [0.15, 0.2) is 6.07 Å². The van der Waals surface area contributed by atoms with Crippen molar-refractivity contribution in [1.82, 2.24) is 10.2 Å². The van der Waals surface area contributed by atoms with Gasteiger partial charge in [0.1, 0.15) is 0 Å². The maximum Gasteiger partial charge on any atom is 0.340 e. The third kappa shape index (κ3) is 3.19. The molecular formula is C8H7ClF4N2O. The molecule has 0 spiro atoms. The van der Waals surface area contributed by atoms with E-state index in [2.05, 4.69) is 14.9 Å². The van der Waals surface area contributed by atoms with Gasteiger partial charge in [0.25, 0.3) is 0 Å². The average molecular weight is 259 g/mol. The number of rotatable bonds is 4. The van der Waals surface area contributed by atoms with Crippen molar-refractivity contribution in [3.05, 3.63) is 16.8 Å². The van der Waals surface area contributed by atoms with Crippen LogP contribution in [-0.2, 0) is 0 Å². The minimum Gasteiger partial charge on any atom is -0.470 e. The van der Waals surface area contributed by atoms with Crippen LogP contribution in [0.25, 0.3) is 0 Å². The third-order valence-electron chi connectivity index (χ3n) is 1.63. The van der Waals surface area contributed by atoms with Gasteiger partial charge in [-0.15, -0.1) is 10.2 Å². The van der Waals surface area contributed by atoms with E-state index in [0.717, 1.165) is 0 Å². The first-order valence-electron chi connectivity index (χ1n) is 4.11. The normalized spacial score (nSPS) is 11.9. The highest BCUT2D eigenvalue weighted by atomic mass is 35.5. The summed E-state index contributed by atoms with van der Waals surface area (Å²) in [5, 5.41) is 6.76. The Kier molecular flexibility index (Phi) is 3.90. The smallest absolute Gasteiger partial charge is 0.340 e. The van der Waals surface area contributed by atoms with Gasteiger partial charge in [-0.1, -0.05) is 11.6 Å². The van der Waals surface area contributed by atoms with Crippen LogP contribution in [0.5, 0.6) is 5.88 Å². The highest BCUT2D eigenvalue weighted by Crippen LogP contribution is 2.24. The molecule has 0 amide bonds. The van der Waals surface area contributed by atoms with Crippen molar-refractivity contribution in [3.63, 3.8) is 0 Å². The second-order valence-corrected chi connectivity index (χ2v) is 3.39. The number of ether oxygens (including phenoxy) is 1. The second-order valence-electron chi connectivity index (χ2n) is 3.01. The molecule has 1 aromatic heterocycles. The van der Waals surface area contributed by atoms with Crippen LogP contribution in [0.4, 0.5) is 17.6 Å². The first kappa shape index (κ1) is 13.0. The van der Waals surface area contributed by atoms with Gasteiger partial charge in [0.05, 0.1) is 0 Å². The van der Waals surface area contributed by atoms with E-state index < -0.39 is 19.0 Å².